The predicted molar refractivity (Wildman–Crippen MR) is 190 cm³/mol. The van der Waals surface area contributed by atoms with Gasteiger partial charge in [0.2, 0.25) is 0 Å². The predicted octanol–water partition coefficient (Wildman–Crippen LogP) is 12.5. The highest BCUT2D eigenvalue weighted by molar-refractivity contribution is 6.25. The van der Waals surface area contributed by atoms with Crippen molar-refractivity contribution in [1.82, 2.24) is 0 Å². The smallest absolute Gasteiger partial charge is 0.00199 e. The normalized spacial score (nSPS) is 11.6. The van der Waals surface area contributed by atoms with Crippen LogP contribution in [0.25, 0.3) is 87.2 Å². The van der Waals surface area contributed by atoms with Crippen molar-refractivity contribution in [3.8, 4) is 33.4 Å². The maximum absolute atomic E-state index is 2.40. The lowest BCUT2D eigenvalue weighted by Gasteiger charge is -2.20. The SMILES string of the molecule is c1ccc2cc3c(-c4cccc5ccccc45)c4ccccc4c(-c4ccc(-c5cccc6ccccc56)cc4)c3cc2c1. The lowest BCUT2D eigenvalue weighted by molar-refractivity contribution is 1.64. The highest BCUT2D eigenvalue weighted by Crippen LogP contribution is 2.46. The lowest BCUT2D eigenvalue weighted by Crippen LogP contribution is -1.92. The van der Waals surface area contributed by atoms with Crippen LogP contribution in [0, 0.1) is 0 Å². The van der Waals surface area contributed by atoms with E-state index < -0.39 is 0 Å². The molecule has 0 saturated heterocycles. The first kappa shape index (κ1) is 24.8. The molecule has 0 aliphatic heterocycles. The first-order valence-electron chi connectivity index (χ1n) is 15.3. The molecule has 9 aromatic rings. The minimum absolute atomic E-state index is 1.23. The summed E-state index contributed by atoms with van der Waals surface area (Å²) in [6.45, 7) is 0. The van der Waals surface area contributed by atoms with E-state index >= 15 is 0 Å². The van der Waals surface area contributed by atoms with Gasteiger partial charge in [0.25, 0.3) is 0 Å². The molecular formula is C44H28. The van der Waals surface area contributed by atoms with Gasteiger partial charge in [0.15, 0.2) is 0 Å². The summed E-state index contributed by atoms with van der Waals surface area (Å²) < 4.78 is 0. The first-order chi connectivity index (χ1) is 21.8. The Labute approximate surface area is 256 Å². The highest BCUT2D eigenvalue weighted by atomic mass is 14.2. The molecule has 0 aliphatic carbocycles. The van der Waals surface area contributed by atoms with Gasteiger partial charge in [-0.1, -0.05) is 158 Å². The van der Waals surface area contributed by atoms with Crippen LogP contribution in [0.1, 0.15) is 0 Å². The van der Waals surface area contributed by atoms with Gasteiger partial charge in [-0.15, -0.1) is 0 Å². The van der Waals surface area contributed by atoms with Crippen molar-refractivity contribution >= 4 is 53.9 Å². The second kappa shape index (κ2) is 9.93. The third-order valence-electron chi connectivity index (χ3n) is 9.22. The molecule has 0 nitrogen and oxygen atoms in total. The Morgan fingerprint density at radius 1 is 0.227 bits per heavy atom. The topological polar surface area (TPSA) is 0 Å². The second-order valence-electron chi connectivity index (χ2n) is 11.7. The van der Waals surface area contributed by atoms with E-state index in [-0.39, 0.29) is 0 Å². The zero-order valence-electron chi connectivity index (χ0n) is 24.2. The van der Waals surface area contributed by atoms with Crippen molar-refractivity contribution in [1.29, 1.82) is 0 Å². The van der Waals surface area contributed by atoms with E-state index in [0.29, 0.717) is 0 Å². The minimum Gasteiger partial charge on any atom is -0.0616 e. The summed E-state index contributed by atoms with van der Waals surface area (Å²) >= 11 is 0. The van der Waals surface area contributed by atoms with Gasteiger partial charge < -0.3 is 0 Å². The van der Waals surface area contributed by atoms with Gasteiger partial charge in [-0.05, 0) is 99.4 Å². The Bertz CT molecular complexity index is 2520. The summed E-state index contributed by atoms with van der Waals surface area (Å²) in [5.74, 6) is 0. The zero-order valence-corrected chi connectivity index (χ0v) is 24.2. The maximum atomic E-state index is 2.40. The Hall–Kier alpha value is -5.72. The van der Waals surface area contributed by atoms with E-state index in [2.05, 4.69) is 170 Å². The van der Waals surface area contributed by atoms with Gasteiger partial charge in [-0.2, -0.15) is 0 Å². The Kier molecular flexibility index (Phi) is 5.61. The molecule has 44 heavy (non-hydrogen) atoms. The van der Waals surface area contributed by atoms with Crippen molar-refractivity contribution < 1.29 is 0 Å². The van der Waals surface area contributed by atoms with E-state index in [1.54, 1.807) is 0 Å². The fraction of sp³-hybridized carbons (Fsp3) is 0. The molecule has 0 radical (unpaired) electrons. The summed E-state index contributed by atoms with van der Waals surface area (Å²) in [4.78, 5) is 0. The summed E-state index contributed by atoms with van der Waals surface area (Å²) in [6.07, 6.45) is 0. The van der Waals surface area contributed by atoms with Crippen molar-refractivity contribution in [3.63, 3.8) is 0 Å². The van der Waals surface area contributed by atoms with Gasteiger partial charge in [-0.25, -0.2) is 0 Å². The van der Waals surface area contributed by atoms with Gasteiger partial charge in [0, 0.05) is 0 Å². The quantitative estimate of drug-likeness (QED) is 0.190. The van der Waals surface area contributed by atoms with E-state index in [4.69, 9.17) is 0 Å². The second-order valence-corrected chi connectivity index (χ2v) is 11.7. The molecule has 0 saturated carbocycles. The van der Waals surface area contributed by atoms with Gasteiger partial charge in [-0.3, -0.25) is 0 Å². The van der Waals surface area contributed by atoms with Crippen LogP contribution in [-0.2, 0) is 0 Å². The molecule has 0 N–H and O–H groups in total. The number of benzene rings is 9. The Morgan fingerprint density at radius 3 is 1.25 bits per heavy atom. The van der Waals surface area contributed by atoms with Crippen LogP contribution >= 0.6 is 0 Å². The molecule has 0 aliphatic rings. The third-order valence-corrected chi connectivity index (χ3v) is 9.22. The fourth-order valence-electron chi connectivity index (χ4n) is 7.20. The standard InChI is InChI=1S/C44H28/c1-2-14-34-28-42-41(27-33(34)13-1)43(32-25-23-31(24-26-32)36-21-9-15-29-11-3-5-17-35(29)36)39-19-7-8-20-40(39)44(42)38-22-10-16-30-12-4-6-18-37(30)38/h1-28H. The van der Waals surface area contributed by atoms with E-state index in [1.807, 2.05) is 0 Å². The molecule has 0 atom stereocenters. The molecule has 9 rings (SSSR count). The lowest BCUT2D eigenvalue weighted by atomic mass is 9.83. The molecule has 0 fully saturated rings. The molecule has 0 unspecified atom stereocenters. The molecule has 0 heterocycles. The maximum Gasteiger partial charge on any atom is -0.00199 e. The molecular weight excluding hydrogens is 528 g/mol. The van der Waals surface area contributed by atoms with Crippen LogP contribution in [0.2, 0.25) is 0 Å². The monoisotopic (exact) mass is 556 g/mol. The van der Waals surface area contributed by atoms with Crippen LogP contribution in [0.4, 0.5) is 0 Å². The zero-order chi connectivity index (χ0) is 29.0. The molecule has 9 aromatic carbocycles. The van der Waals surface area contributed by atoms with Gasteiger partial charge >= 0.3 is 0 Å². The van der Waals surface area contributed by atoms with Gasteiger partial charge in [0.05, 0.1) is 0 Å². The summed E-state index contributed by atoms with van der Waals surface area (Å²) in [5.41, 5.74) is 7.59. The molecule has 0 spiro atoms. The largest absolute Gasteiger partial charge is 0.0616 e. The molecule has 0 aromatic heterocycles. The van der Waals surface area contributed by atoms with Crippen molar-refractivity contribution in [2.45, 2.75) is 0 Å². The number of rotatable bonds is 3. The van der Waals surface area contributed by atoms with Crippen LogP contribution < -0.4 is 0 Å². The highest BCUT2D eigenvalue weighted by Gasteiger charge is 2.19. The molecule has 0 bridgehead atoms. The van der Waals surface area contributed by atoms with Crippen molar-refractivity contribution in [2.24, 2.45) is 0 Å². The van der Waals surface area contributed by atoms with E-state index in [9.17, 15) is 0 Å². The van der Waals surface area contributed by atoms with Gasteiger partial charge in [0.1, 0.15) is 0 Å². The minimum atomic E-state index is 1.23. The molecule has 204 valence electrons. The average Bonchev–Trinajstić information content (AvgIpc) is 3.09. The average molecular weight is 557 g/mol. The van der Waals surface area contributed by atoms with E-state index in [0.717, 1.165) is 0 Å². The Morgan fingerprint density at radius 2 is 0.636 bits per heavy atom. The van der Waals surface area contributed by atoms with Crippen LogP contribution in [0.15, 0.2) is 170 Å². The van der Waals surface area contributed by atoms with Crippen LogP contribution in [0.5, 0.6) is 0 Å². The van der Waals surface area contributed by atoms with E-state index in [1.165, 1.54) is 87.2 Å². The van der Waals surface area contributed by atoms with Crippen molar-refractivity contribution in [3.05, 3.63) is 170 Å². The van der Waals surface area contributed by atoms with Crippen LogP contribution in [0.3, 0.4) is 0 Å². The first-order valence-corrected chi connectivity index (χ1v) is 15.3. The number of hydrogen-bond acceptors (Lipinski definition) is 0. The number of fused-ring (bicyclic) bond motifs is 5. The fourth-order valence-corrected chi connectivity index (χ4v) is 7.20. The molecule has 0 amide bonds. The number of hydrogen-bond donors (Lipinski definition) is 0. The summed E-state index contributed by atoms with van der Waals surface area (Å²) in [5, 5.41) is 12.7. The summed E-state index contributed by atoms with van der Waals surface area (Å²) in [6, 6.07) is 62.4. The third kappa shape index (κ3) is 3.85. The summed E-state index contributed by atoms with van der Waals surface area (Å²) in [7, 11) is 0. The van der Waals surface area contributed by atoms with Crippen molar-refractivity contribution in [2.75, 3.05) is 0 Å². The molecule has 0 heteroatoms. The van der Waals surface area contributed by atoms with Crippen LogP contribution in [-0.4, -0.2) is 0 Å². The Balaban J connectivity index is 1.36.